The van der Waals surface area contributed by atoms with Gasteiger partial charge in [-0.15, -0.1) is 0 Å². The zero-order chi connectivity index (χ0) is 9.36. The Kier molecular flexibility index (Phi) is 3.96. The molecule has 2 aromatic heterocycles. The highest BCUT2D eigenvalue weighted by atomic mass is 16.1. The van der Waals surface area contributed by atoms with Crippen LogP contribution in [0.25, 0.3) is 0 Å². The summed E-state index contributed by atoms with van der Waals surface area (Å²) in [5.74, 6) is 0. The molecule has 0 amide bonds. The molecular formula is C9H9N3O. The molecule has 0 atom stereocenters. The monoisotopic (exact) mass is 175 g/mol. The first-order valence-electron chi connectivity index (χ1n) is 3.74. The lowest BCUT2D eigenvalue weighted by atomic mass is 10.5. The fraction of sp³-hybridized carbons (Fsp3) is 0. The van der Waals surface area contributed by atoms with Crippen LogP contribution in [0.1, 0.15) is 0 Å². The van der Waals surface area contributed by atoms with E-state index in [4.69, 9.17) is 0 Å². The molecule has 0 fully saturated rings. The average molecular weight is 175 g/mol. The Labute approximate surface area is 75.3 Å². The SMILES string of the molecule is O=c1nccc[nH]1.c1ccncc1. The van der Waals surface area contributed by atoms with Crippen molar-refractivity contribution in [3.05, 3.63) is 59.5 Å². The fourth-order valence-corrected chi connectivity index (χ4v) is 0.623. The number of nitrogens with one attached hydrogen (secondary N) is 1. The van der Waals surface area contributed by atoms with E-state index in [2.05, 4.69) is 15.0 Å². The van der Waals surface area contributed by atoms with E-state index in [1.807, 2.05) is 18.2 Å². The van der Waals surface area contributed by atoms with Crippen LogP contribution < -0.4 is 5.69 Å². The lowest BCUT2D eigenvalue weighted by Crippen LogP contribution is -2.05. The van der Waals surface area contributed by atoms with Crippen LogP contribution in [-0.4, -0.2) is 15.0 Å². The lowest BCUT2D eigenvalue weighted by molar-refractivity contribution is 1.08. The number of nitrogens with zero attached hydrogens (tertiary/aromatic N) is 2. The Bertz CT molecular complexity index is 328. The van der Waals surface area contributed by atoms with Gasteiger partial charge in [-0.1, -0.05) is 6.07 Å². The van der Waals surface area contributed by atoms with Gasteiger partial charge in [0.25, 0.3) is 0 Å². The van der Waals surface area contributed by atoms with E-state index in [-0.39, 0.29) is 5.69 Å². The summed E-state index contributed by atoms with van der Waals surface area (Å²) in [4.78, 5) is 19.6. The highest BCUT2D eigenvalue weighted by Crippen LogP contribution is 1.73. The van der Waals surface area contributed by atoms with Gasteiger partial charge in [-0.05, 0) is 18.2 Å². The Balaban J connectivity index is 0.000000132. The molecule has 4 heteroatoms. The van der Waals surface area contributed by atoms with Gasteiger partial charge >= 0.3 is 5.69 Å². The summed E-state index contributed by atoms with van der Waals surface area (Å²) in [5, 5.41) is 0. The van der Waals surface area contributed by atoms with E-state index in [1.54, 1.807) is 18.5 Å². The largest absolute Gasteiger partial charge is 0.344 e. The van der Waals surface area contributed by atoms with Gasteiger partial charge in [-0.2, -0.15) is 0 Å². The van der Waals surface area contributed by atoms with Crippen molar-refractivity contribution in [1.29, 1.82) is 0 Å². The van der Waals surface area contributed by atoms with Crippen LogP contribution in [0.15, 0.2) is 53.8 Å². The molecule has 4 nitrogen and oxygen atoms in total. The summed E-state index contributed by atoms with van der Waals surface area (Å²) in [6.07, 6.45) is 6.48. The molecule has 0 aliphatic carbocycles. The van der Waals surface area contributed by atoms with Crippen molar-refractivity contribution >= 4 is 0 Å². The molecule has 0 unspecified atom stereocenters. The van der Waals surface area contributed by atoms with Crippen LogP contribution in [0, 0.1) is 0 Å². The van der Waals surface area contributed by atoms with Gasteiger partial charge < -0.3 is 4.98 Å². The van der Waals surface area contributed by atoms with Crippen molar-refractivity contribution in [3.63, 3.8) is 0 Å². The van der Waals surface area contributed by atoms with Crippen LogP contribution in [0.3, 0.4) is 0 Å². The third-order valence-electron chi connectivity index (χ3n) is 1.15. The van der Waals surface area contributed by atoms with Gasteiger partial charge in [0.1, 0.15) is 0 Å². The summed E-state index contributed by atoms with van der Waals surface area (Å²) in [6, 6.07) is 7.37. The molecule has 2 heterocycles. The van der Waals surface area contributed by atoms with E-state index in [1.165, 1.54) is 12.4 Å². The average Bonchev–Trinajstić information content (AvgIpc) is 2.22. The second-order valence-corrected chi connectivity index (χ2v) is 2.11. The third kappa shape index (κ3) is 4.47. The van der Waals surface area contributed by atoms with Gasteiger partial charge in [-0.3, -0.25) is 4.98 Å². The number of hydrogen-bond donors (Lipinski definition) is 1. The van der Waals surface area contributed by atoms with Gasteiger partial charge in [0.2, 0.25) is 0 Å². The number of pyridine rings is 1. The maximum absolute atomic E-state index is 10.1. The smallest absolute Gasteiger partial charge is 0.313 e. The van der Waals surface area contributed by atoms with Gasteiger partial charge in [-0.25, -0.2) is 9.78 Å². The number of rotatable bonds is 0. The van der Waals surface area contributed by atoms with Crippen LogP contribution in [0.2, 0.25) is 0 Å². The lowest BCUT2D eigenvalue weighted by Gasteiger charge is -1.72. The molecule has 0 saturated carbocycles. The Hall–Kier alpha value is -1.97. The zero-order valence-electron chi connectivity index (χ0n) is 6.92. The van der Waals surface area contributed by atoms with Crippen molar-refractivity contribution < 1.29 is 0 Å². The van der Waals surface area contributed by atoms with Crippen LogP contribution in [-0.2, 0) is 0 Å². The molecule has 0 saturated heterocycles. The molecule has 0 spiro atoms. The molecular weight excluding hydrogens is 166 g/mol. The Morgan fingerprint density at radius 3 is 2.00 bits per heavy atom. The zero-order valence-corrected chi connectivity index (χ0v) is 6.92. The third-order valence-corrected chi connectivity index (χ3v) is 1.15. The molecule has 2 rings (SSSR count). The van der Waals surface area contributed by atoms with Crippen molar-refractivity contribution in [1.82, 2.24) is 15.0 Å². The van der Waals surface area contributed by atoms with Gasteiger partial charge in [0.15, 0.2) is 0 Å². The Morgan fingerprint density at radius 1 is 1.00 bits per heavy atom. The number of aromatic amines is 1. The molecule has 1 N–H and O–H groups in total. The minimum atomic E-state index is -0.303. The summed E-state index contributed by atoms with van der Waals surface area (Å²) in [5.41, 5.74) is -0.303. The topological polar surface area (TPSA) is 58.6 Å². The summed E-state index contributed by atoms with van der Waals surface area (Å²) in [7, 11) is 0. The predicted molar refractivity (Wildman–Crippen MR) is 49.1 cm³/mol. The van der Waals surface area contributed by atoms with E-state index in [0.29, 0.717) is 0 Å². The number of hydrogen-bond acceptors (Lipinski definition) is 3. The fourth-order valence-electron chi connectivity index (χ4n) is 0.623. The summed E-state index contributed by atoms with van der Waals surface area (Å²) < 4.78 is 0. The Morgan fingerprint density at radius 2 is 1.77 bits per heavy atom. The van der Waals surface area contributed by atoms with Crippen molar-refractivity contribution in [3.8, 4) is 0 Å². The van der Waals surface area contributed by atoms with Crippen molar-refractivity contribution in [2.45, 2.75) is 0 Å². The van der Waals surface area contributed by atoms with E-state index < -0.39 is 0 Å². The second kappa shape index (κ2) is 5.65. The first-order chi connectivity index (χ1) is 6.39. The molecule has 2 aromatic rings. The number of aromatic nitrogens is 3. The second-order valence-electron chi connectivity index (χ2n) is 2.11. The quantitative estimate of drug-likeness (QED) is 0.645. The first-order valence-corrected chi connectivity index (χ1v) is 3.74. The molecule has 0 aliphatic rings. The van der Waals surface area contributed by atoms with E-state index in [0.717, 1.165) is 0 Å². The summed E-state index contributed by atoms with van der Waals surface area (Å²) in [6.45, 7) is 0. The molecule has 0 radical (unpaired) electrons. The highest BCUT2D eigenvalue weighted by molar-refractivity contribution is 4.88. The molecule has 13 heavy (non-hydrogen) atoms. The standard InChI is InChI=1S/C5H5N.C4H4N2O/c1-2-4-6-5-3-1;7-4-5-2-1-3-6-4/h1-5H;1-3H,(H,5,6,7). The van der Waals surface area contributed by atoms with E-state index >= 15 is 0 Å². The molecule has 66 valence electrons. The molecule has 0 bridgehead atoms. The minimum absolute atomic E-state index is 0.303. The van der Waals surface area contributed by atoms with Gasteiger partial charge in [0, 0.05) is 24.8 Å². The first kappa shape index (κ1) is 9.12. The van der Waals surface area contributed by atoms with E-state index in [9.17, 15) is 4.79 Å². The molecule has 0 aromatic carbocycles. The number of H-pyrrole nitrogens is 1. The normalized spacial score (nSPS) is 8.31. The van der Waals surface area contributed by atoms with Crippen LogP contribution >= 0.6 is 0 Å². The van der Waals surface area contributed by atoms with Crippen molar-refractivity contribution in [2.24, 2.45) is 0 Å². The summed E-state index contributed by atoms with van der Waals surface area (Å²) >= 11 is 0. The molecule has 0 aliphatic heterocycles. The maximum Gasteiger partial charge on any atom is 0.344 e. The van der Waals surface area contributed by atoms with Crippen molar-refractivity contribution in [2.75, 3.05) is 0 Å². The van der Waals surface area contributed by atoms with Gasteiger partial charge in [0.05, 0.1) is 0 Å². The predicted octanol–water partition coefficient (Wildman–Crippen LogP) is 0.852. The minimum Gasteiger partial charge on any atom is -0.313 e. The highest BCUT2D eigenvalue weighted by Gasteiger charge is 1.70. The van der Waals surface area contributed by atoms with Crippen LogP contribution in [0.4, 0.5) is 0 Å². The van der Waals surface area contributed by atoms with Crippen LogP contribution in [0.5, 0.6) is 0 Å². The maximum atomic E-state index is 10.1.